The number of aryl methyl sites for hydroxylation is 1. The number of sulfonamides is 1. The summed E-state index contributed by atoms with van der Waals surface area (Å²) in [6.45, 7) is 2.32. The van der Waals surface area contributed by atoms with Gasteiger partial charge in [-0.3, -0.25) is 4.98 Å². The van der Waals surface area contributed by atoms with Gasteiger partial charge in [0, 0.05) is 24.3 Å². The van der Waals surface area contributed by atoms with Crippen LogP contribution in [0.2, 0.25) is 0 Å². The molecule has 0 unspecified atom stereocenters. The SMILES string of the molecule is Cc1ccccc1-c1ccc(CNS(=O)(=O)Cc2ccccc2)c2cnccc12. The number of hydrogen-bond donors (Lipinski definition) is 1. The van der Waals surface area contributed by atoms with Crippen LogP contribution in [0.25, 0.3) is 21.9 Å². The zero-order valence-electron chi connectivity index (χ0n) is 16.2. The largest absolute Gasteiger partial charge is 0.264 e. The summed E-state index contributed by atoms with van der Waals surface area (Å²) in [6.07, 6.45) is 3.57. The molecule has 1 aromatic heterocycles. The van der Waals surface area contributed by atoms with Crippen molar-refractivity contribution in [2.24, 2.45) is 0 Å². The highest BCUT2D eigenvalue weighted by atomic mass is 32.2. The molecule has 1 heterocycles. The van der Waals surface area contributed by atoms with Crippen molar-refractivity contribution in [3.63, 3.8) is 0 Å². The molecule has 0 saturated heterocycles. The van der Waals surface area contributed by atoms with Gasteiger partial charge >= 0.3 is 0 Å². The zero-order valence-corrected chi connectivity index (χ0v) is 17.0. The van der Waals surface area contributed by atoms with Crippen LogP contribution in [0.5, 0.6) is 0 Å². The fraction of sp³-hybridized carbons (Fsp3) is 0.125. The molecule has 3 aromatic carbocycles. The van der Waals surface area contributed by atoms with Crippen LogP contribution < -0.4 is 4.72 Å². The van der Waals surface area contributed by atoms with Gasteiger partial charge < -0.3 is 0 Å². The molecule has 0 aliphatic heterocycles. The quantitative estimate of drug-likeness (QED) is 0.502. The topological polar surface area (TPSA) is 59.1 Å². The Bertz CT molecular complexity index is 1250. The summed E-state index contributed by atoms with van der Waals surface area (Å²) in [6, 6.07) is 23.5. The first-order chi connectivity index (χ1) is 14.0. The number of hydrogen-bond acceptors (Lipinski definition) is 3. The van der Waals surface area contributed by atoms with E-state index >= 15 is 0 Å². The Labute approximate surface area is 171 Å². The smallest absolute Gasteiger partial charge is 0.216 e. The van der Waals surface area contributed by atoms with Crippen molar-refractivity contribution in [2.45, 2.75) is 19.2 Å². The average molecular weight is 403 g/mol. The number of aromatic nitrogens is 1. The Morgan fingerprint density at radius 3 is 2.38 bits per heavy atom. The maximum absolute atomic E-state index is 12.5. The van der Waals surface area contributed by atoms with Crippen LogP contribution in [0.1, 0.15) is 16.7 Å². The van der Waals surface area contributed by atoms with E-state index in [1.165, 1.54) is 11.1 Å². The minimum absolute atomic E-state index is 0.0364. The first-order valence-electron chi connectivity index (χ1n) is 9.46. The number of fused-ring (bicyclic) bond motifs is 1. The second-order valence-electron chi connectivity index (χ2n) is 7.07. The molecule has 0 aliphatic carbocycles. The molecule has 5 heteroatoms. The van der Waals surface area contributed by atoms with Crippen LogP contribution in [0.4, 0.5) is 0 Å². The van der Waals surface area contributed by atoms with Crippen molar-refractivity contribution in [1.82, 2.24) is 9.71 Å². The minimum Gasteiger partial charge on any atom is -0.264 e. The first-order valence-corrected chi connectivity index (χ1v) is 11.1. The van der Waals surface area contributed by atoms with Crippen molar-refractivity contribution in [1.29, 1.82) is 0 Å². The predicted octanol–water partition coefficient (Wildman–Crippen LogP) is 4.83. The van der Waals surface area contributed by atoms with Gasteiger partial charge in [-0.25, -0.2) is 13.1 Å². The van der Waals surface area contributed by atoms with Crippen molar-refractivity contribution in [2.75, 3.05) is 0 Å². The molecule has 1 N–H and O–H groups in total. The fourth-order valence-corrected chi connectivity index (χ4v) is 4.65. The molecule has 4 rings (SSSR count). The number of pyridine rings is 1. The highest BCUT2D eigenvalue weighted by Gasteiger charge is 2.14. The van der Waals surface area contributed by atoms with Crippen molar-refractivity contribution in [3.8, 4) is 11.1 Å². The minimum atomic E-state index is -3.44. The number of benzene rings is 3. The van der Waals surface area contributed by atoms with Crippen LogP contribution in [0.3, 0.4) is 0 Å². The lowest BCUT2D eigenvalue weighted by molar-refractivity contribution is 0.580. The molecule has 0 radical (unpaired) electrons. The maximum atomic E-state index is 12.5. The molecule has 0 fully saturated rings. The summed E-state index contributed by atoms with van der Waals surface area (Å²) in [5.41, 5.74) is 5.15. The van der Waals surface area contributed by atoms with E-state index < -0.39 is 10.0 Å². The summed E-state index contributed by atoms with van der Waals surface area (Å²) in [5, 5.41) is 2.02. The lowest BCUT2D eigenvalue weighted by Gasteiger charge is -2.14. The molecule has 0 amide bonds. The van der Waals surface area contributed by atoms with E-state index in [4.69, 9.17) is 0 Å². The highest BCUT2D eigenvalue weighted by Crippen LogP contribution is 2.32. The van der Waals surface area contributed by atoms with Crippen LogP contribution in [-0.2, 0) is 22.3 Å². The second-order valence-corrected chi connectivity index (χ2v) is 8.88. The summed E-state index contributed by atoms with van der Waals surface area (Å²) >= 11 is 0. The second kappa shape index (κ2) is 8.15. The molecular formula is C24H22N2O2S. The van der Waals surface area contributed by atoms with Crippen LogP contribution in [-0.4, -0.2) is 13.4 Å². The van der Waals surface area contributed by atoms with Crippen LogP contribution >= 0.6 is 0 Å². The molecule has 0 saturated carbocycles. The molecule has 4 aromatic rings. The summed E-state index contributed by atoms with van der Waals surface area (Å²) < 4.78 is 27.8. The lowest BCUT2D eigenvalue weighted by Crippen LogP contribution is -2.24. The standard InChI is InChI=1S/C24H22N2O2S/c1-18-7-5-6-10-21(18)22-12-11-20(24-16-25-14-13-23(22)24)15-26-29(27,28)17-19-8-3-2-4-9-19/h2-14,16,26H,15,17H2,1H3. The third kappa shape index (κ3) is 4.36. The zero-order chi connectivity index (χ0) is 20.3. The van der Waals surface area contributed by atoms with Gasteiger partial charge in [-0.1, -0.05) is 66.7 Å². The molecule has 146 valence electrons. The van der Waals surface area contributed by atoms with Gasteiger partial charge in [-0.05, 0) is 46.2 Å². The van der Waals surface area contributed by atoms with E-state index in [2.05, 4.69) is 34.8 Å². The van der Waals surface area contributed by atoms with Gasteiger partial charge in [0.25, 0.3) is 0 Å². The fourth-order valence-electron chi connectivity index (χ4n) is 3.55. The average Bonchev–Trinajstić information content (AvgIpc) is 2.73. The monoisotopic (exact) mass is 402 g/mol. The Kier molecular flexibility index (Phi) is 5.43. The molecule has 0 aliphatic rings. The number of nitrogens with one attached hydrogen (secondary N) is 1. The molecule has 29 heavy (non-hydrogen) atoms. The molecule has 0 atom stereocenters. The van der Waals surface area contributed by atoms with Gasteiger partial charge in [0.15, 0.2) is 0 Å². The van der Waals surface area contributed by atoms with Gasteiger partial charge in [-0.2, -0.15) is 0 Å². The molecule has 0 bridgehead atoms. The Hall–Kier alpha value is -3.02. The van der Waals surface area contributed by atoms with E-state index in [0.29, 0.717) is 0 Å². The van der Waals surface area contributed by atoms with Crippen molar-refractivity contribution < 1.29 is 8.42 Å². The predicted molar refractivity (Wildman–Crippen MR) is 118 cm³/mol. The number of nitrogens with zero attached hydrogens (tertiary/aromatic N) is 1. The van der Waals surface area contributed by atoms with E-state index in [0.717, 1.165) is 27.5 Å². The Morgan fingerprint density at radius 1 is 0.828 bits per heavy atom. The number of rotatable bonds is 6. The van der Waals surface area contributed by atoms with Gasteiger partial charge in [0.05, 0.1) is 5.75 Å². The Balaban J connectivity index is 1.64. The molecule has 0 spiro atoms. The maximum Gasteiger partial charge on any atom is 0.216 e. The van der Waals surface area contributed by atoms with E-state index in [-0.39, 0.29) is 12.3 Å². The summed E-state index contributed by atoms with van der Waals surface area (Å²) in [5.74, 6) is -0.0364. The molecule has 4 nitrogen and oxygen atoms in total. The summed E-state index contributed by atoms with van der Waals surface area (Å²) in [7, 11) is -3.44. The van der Waals surface area contributed by atoms with Gasteiger partial charge in [-0.15, -0.1) is 0 Å². The first kappa shape index (κ1) is 19.3. The highest BCUT2D eigenvalue weighted by molar-refractivity contribution is 7.88. The Morgan fingerprint density at radius 2 is 1.59 bits per heavy atom. The van der Waals surface area contributed by atoms with Crippen LogP contribution in [0, 0.1) is 6.92 Å². The van der Waals surface area contributed by atoms with Gasteiger partial charge in [0.1, 0.15) is 0 Å². The summed E-state index contributed by atoms with van der Waals surface area (Å²) in [4.78, 5) is 4.27. The third-order valence-corrected chi connectivity index (χ3v) is 6.32. The normalized spacial score (nSPS) is 11.6. The van der Waals surface area contributed by atoms with E-state index in [1.807, 2.05) is 54.6 Å². The molecular weight excluding hydrogens is 380 g/mol. The van der Waals surface area contributed by atoms with E-state index in [1.54, 1.807) is 12.4 Å². The van der Waals surface area contributed by atoms with Gasteiger partial charge in [0.2, 0.25) is 10.0 Å². The van der Waals surface area contributed by atoms with Crippen LogP contribution in [0.15, 0.2) is 85.2 Å². The third-order valence-electron chi connectivity index (χ3n) is 5.03. The van der Waals surface area contributed by atoms with Crippen molar-refractivity contribution in [3.05, 3.63) is 102 Å². The van der Waals surface area contributed by atoms with E-state index in [9.17, 15) is 8.42 Å². The van der Waals surface area contributed by atoms with Crippen molar-refractivity contribution >= 4 is 20.8 Å². The lowest BCUT2D eigenvalue weighted by atomic mass is 9.94.